The van der Waals surface area contributed by atoms with Gasteiger partial charge in [-0.25, -0.2) is 0 Å². The molecule has 0 fully saturated rings. The second kappa shape index (κ2) is 2.69. The number of rotatable bonds is 0. The van der Waals surface area contributed by atoms with Gasteiger partial charge in [-0.3, -0.25) is 0 Å². The monoisotopic (exact) mass is 179 g/mol. The maximum absolute atomic E-state index is 5.54. The van der Waals surface area contributed by atoms with E-state index in [-0.39, 0.29) is 0 Å². The summed E-state index contributed by atoms with van der Waals surface area (Å²) in [5, 5.41) is 0.931. The normalized spacial score (nSPS) is 9.56. The molecule has 1 N–H and O–H groups in total. The van der Waals surface area contributed by atoms with Crippen molar-refractivity contribution in [2.24, 2.45) is 0 Å². The Morgan fingerprint density at radius 1 is 1.22 bits per heavy atom. The number of pyridine rings is 1. The highest BCUT2D eigenvalue weighted by Crippen LogP contribution is 2.10. The average Bonchev–Trinajstić information content (AvgIpc) is 1.59. The van der Waals surface area contributed by atoms with Crippen molar-refractivity contribution >= 4 is 35.4 Å². The highest BCUT2D eigenvalue weighted by molar-refractivity contribution is 7.71. The fraction of sp³-hybridized carbons (Fsp3) is 0. The summed E-state index contributed by atoms with van der Waals surface area (Å²) in [6, 6.07) is 3.26. The molecule has 9 heavy (non-hydrogen) atoms. The van der Waals surface area contributed by atoms with Gasteiger partial charge < -0.3 is 4.98 Å². The van der Waals surface area contributed by atoms with Crippen LogP contribution in [0, 0.1) is 4.51 Å². The summed E-state index contributed by atoms with van der Waals surface area (Å²) in [6.07, 6.45) is 0. The third-order valence-electron chi connectivity index (χ3n) is 0.777. The summed E-state index contributed by atoms with van der Waals surface area (Å²) >= 11 is 15.9. The molecule has 1 aromatic heterocycles. The van der Waals surface area contributed by atoms with Gasteiger partial charge in [-0.1, -0.05) is 35.4 Å². The first-order valence-corrected chi connectivity index (χ1v) is 3.40. The van der Waals surface area contributed by atoms with E-state index < -0.39 is 0 Å². The van der Waals surface area contributed by atoms with E-state index in [1.165, 1.54) is 0 Å². The second-order valence-electron chi connectivity index (χ2n) is 1.51. The van der Waals surface area contributed by atoms with Gasteiger partial charge >= 0.3 is 0 Å². The zero-order valence-electron chi connectivity index (χ0n) is 4.32. The van der Waals surface area contributed by atoms with Gasteiger partial charge in [-0.05, 0) is 12.1 Å². The van der Waals surface area contributed by atoms with E-state index >= 15 is 0 Å². The van der Waals surface area contributed by atoms with Crippen LogP contribution in [0.25, 0.3) is 0 Å². The minimum Gasteiger partial charge on any atom is -0.337 e. The van der Waals surface area contributed by atoms with Crippen LogP contribution in [0.2, 0.25) is 10.3 Å². The van der Waals surface area contributed by atoms with E-state index in [0.29, 0.717) is 14.8 Å². The molecule has 48 valence electrons. The molecule has 0 spiro atoms. The number of hydrogen-bond acceptors (Lipinski definition) is 1. The van der Waals surface area contributed by atoms with Crippen LogP contribution in [0.5, 0.6) is 0 Å². The van der Waals surface area contributed by atoms with Crippen LogP contribution in [0.3, 0.4) is 0 Å². The van der Waals surface area contributed by atoms with Crippen LogP contribution in [0.15, 0.2) is 12.1 Å². The van der Waals surface area contributed by atoms with Gasteiger partial charge in [-0.15, -0.1) is 0 Å². The van der Waals surface area contributed by atoms with Gasteiger partial charge in [0.05, 0.1) is 0 Å². The molecule has 0 aliphatic heterocycles. The first kappa shape index (κ1) is 7.06. The number of H-pyrrole nitrogens is 1. The summed E-state index contributed by atoms with van der Waals surface area (Å²) in [5.41, 5.74) is 0. The molecule has 1 rings (SSSR count). The number of halogens is 2. The van der Waals surface area contributed by atoms with Crippen molar-refractivity contribution in [2.45, 2.75) is 0 Å². The predicted octanol–water partition coefficient (Wildman–Crippen LogP) is 3.05. The number of aromatic nitrogens is 1. The highest BCUT2D eigenvalue weighted by Gasteiger charge is 1.88. The van der Waals surface area contributed by atoms with Crippen molar-refractivity contribution < 1.29 is 0 Å². The minimum atomic E-state index is 0.465. The van der Waals surface area contributed by atoms with E-state index in [0.717, 1.165) is 0 Å². The molecular weight excluding hydrogens is 177 g/mol. The molecule has 0 radical (unpaired) electrons. The van der Waals surface area contributed by atoms with Crippen molar-refractivity contribution in [1.29, 1.82) is 0 Å². The summed E-state index contributed by atoms with van der Waals surface area (Å²) in [5.74, 6) is 0. The molecule has 0 aliphatic carbocycles. The number of nitrogens with one attached hydrogen (secondary N) is 1. The standard InChI is InChI=1S/C5H3Cl2NS/c6-4-1-3(9)2-5(7)8-4/h1-2H,(H,8,9). The molecule has 0 saturated heterocycles. The molecule has 0 unspecified atom stereocenters. The Labute approximate surface area is 67.6 Å². The first-order valence-electron chi connectivity index (χ1n) is 2.24. The third-order valence-corrected chi connectivity index (χ3v) is 1.42. The number of hydrogen-bond donors (Lipinski definition) is 1. The Balaban J connectivity index is 3.33. The summed E-state index contributed by atoms with van der Waals surface area (Å²) in [7, 11) is 0. The molecule has 1 aromatic rings. The Hall–Kier alpha value is -0.0500. The molecule has 0 atom stereocenters. The van der Waals surface area contributed by atoms with Crippen LogP contribution in [-0.2, 0) is 0 Å². The molecular formula is C5H3Cl2NS. The largest absolute Gasteiger partial charge is 0.337 e. The van der Waals surface area contributed by atoms with E-state index in [4.69, 9.17) is 35.4 Å². The SMILES string of the molecule is S=c1cc(Cl)[nH]c(Cl)c1. The molecule has 0 bridgehead atoms. The fourth-order valence-electron chi connectivity index (χ4n) is 0.478. The second-order valence-corrected chi connectivity index (χ2v) is 2.80. The van der Waals surface area contributed by atoms with Crippen LogP contribution >= 0.6 is 35.4 Å². The lowest BCUT2D eigenvalue weighted by molar-refractivity contribution is 1.32. The van der Waals surface area contributed by atoms with Crippen molar-refractivity contribution in [3.63, 3.8) is 0 Å². The third kappa shape index (κ3) is 1.97. The van der Waals surface area contributed by atoms with Gasteiger partial charge in [-0.2, -0.15) is 0 Å². The maximum Gasteiger partial charge on any atom is 0.108 e. The lowest BCUT2D eigenvalue weighted by Gasteiger charge is -1.90. The lowest BCUT2D eigenvalue weighted by atomic mass is 10.5. The van der Waals surface area contributed by atoms with Crippen LogP contribution < -0.4 is 0 Å². The van der Waals surface area contributed by atoms with E-state index in [2.05, 4.69) is 4.98 Å². The summed E-state index contributed by atoms with van der Waals surface area (Å²) in [6.45, 7) is 0. The minimum absolute atomic E-state index is 0.465. The van der Waals surface area contributed by atoms with Gasteiger partial charge in [0.15, 0.2) is 0 Å². The Kier molecular flexibility index (Phi) is 2.11. The topological polar surface area (TPSA) is 15.8 Å². The van der Waals surface area contributed by atoms with E-state index in [1.807, 2.05) is 0 Å². The van der Waals surface area contributed by atoms with Crippen molar-refractivity contribution in [3.8, 4) is 0 Å². The van der Waals surface area contributed by atoms with E-state index in [1.54, 1.807) is 12.1 Å². The lowest BCUT2D eigenvalue weighted by Crippen LogP contribution is -1.74. The zero-order chi connectivity index (χ0) is 6.85. The van der Waals surface area contributed by atoms with Crippen molar-refractivity contribution in [2.75, 3.05) is 0 Å². The predicted molar refractivity (Wildman–Crippen MR) is 41.6 cm³/mol. The Morgan fingerprint density at radius 3 is 2.00 bits per heavy atom. The van der Waals surface area contributed by atoms with Crippen molar-refractivity contribution in [1.82, 2.24) is 4.98 Å². The molecule has 0 aromatic carbocycles. The van der Waals surface area contributed by atoms with Gasteiger partial charge in [0, 0.05) is 4.51 Å². The molecule has 0 amide bonds. The smallest absolute Gasteiger partial charge is 0.108 e. The first-order chi connectivity index (χ1) is 4.18. The maximum atomic E-state index is 5.54. The Morgan fingerprint density at radius 2 is 1.67 bits per heavy atom. The Bertz CT molecular complexity index is 245. The molecule has 0 aliphatic rings. The molecule has 0 saturated carbocycles. The fourth-order valence-corrected chi connectivity index (χ4v) is 1.33. The van der Waals surface area contributed by atoms with Gasteiger partial charge in [0.1, 0.15) is 10.3 Å². The van der Waals surface area contributed by atoms with Gasteiger partial charge in [0.2, 0.25) is 0 Å². The zero-order valence-corrected chi connectivity index (χ0v) is 6.65. The van der Waals surface area contributed by atoms with Crippen LogP contribution in [-0.4, -0.2) is 4.98 Å². The van der Waals surface area contributed by atoms with Crippen LogP contribution in [0.1, 0.15) is 0 Å². The van der Waals surface area contributed by atoms with Crippen LogP contribution in [0.4, 0.5) is 0 Å². The summed E-state index contributed by atoms with van der Waals surface area (Å²) < 4.78 is 0.642. The quantitative estimate of drug-likeness (QED) is 0.479. The van der Waals surface area contributed by atoms with Gasteiger partial charge in [0.25, 0.3) is 0 Å². The van der Waals surface area contributed by atoms with E-state index in [9.17, 15) is 0 Å². The van der Waals surface area contributed by atoms with Crippen molar-refractivity contribution in [3.05, 3.63) is 26.9 Å². The molecule has 4 heteroatoms. The molecule has 1 heterocycles. The summed E-state index contributed by atoms with van der Waals surface area (Å²) in [4.78, 5) is 2.68. The average molecular weight is 180 g/mol. The molecule has 1 nitrogen and oxygen atoms in total. The highest BCUT2D eigenvalue weighted by atomic mass is 35.5. The number of aromatic amines is 1.